The Balaban J connectivity index is 1.25. The van der Waals surface area contributed by atoms with Gasteiger partial charge in [0.05, 0.1) is 23.4 Å². The Morgan fingerprint density at radius 2 is 1.89 bits per heavy atom. The second-order valence-corrected chi connectivity index (χ2v) is 9.29. The molecule has 2 aliphatic heterocycles. The van der Waals surface area contributed by atoms with Crippen LogP contribution in [0.3, 0.4) is 0 Å². The molecule has 3 aromatic rings. The molecule has 36 heavy (non-hydrogen) atoms. The first kappa shape index (κ1) is 23.7. The van der Waals surface area contributed by atoms with Crippen molar-refractivity contribution >= 4 is 23.4 Å². The predicted molar refractivity (Wildman–Crippen MR) is 130 cm³/mol. The third kappa shape index (κ3) is 4.60. The zero-order valence-electron chi connectivity index (χ0n) is 20.0. The van der Waals surface area contributed by atoms with Crippen molar-refractivity contribution in [1.82, 2.24) is 15.0 Å². The van der Waals surface area contributed by atoms with Gasteiger partial charge in [0.15, 0.2) is 0 Å². The summed E-state index contributed by atoms with van der Waals surface area (Å²) in [7, 11) is 1.76. The van der Waals surface area contributed by atoms with E-state index in [1.807, 2.05) is 6.07 Å². The minimum atomic E-state index is -0.344. The highest BCUT2D eigenvalue weighted by atomic mass is 19.1. The van der Waals surface area contributed by atoms with Gasteiger partial charge in [0.1, 0.15) is 17.8 Å². The van der Waals surface area contributed by atoms with Crippen molar-refractivity contribution in [2.24, 2.45) is 5.92 Å². The van der Waals surface area contributed by atoms with Crippen LogP contribution in [0.25, 0.3) is 0 Å². The summed E-state index contributed by atoms with van der Waals surface area (Å²) in [5, 5.41) is 3.86. The standard InChI is InChI=1S/C27H27FN4O4/c1-30(17-21-11-15-36-29-21)25(33)19-9-12-31(13-10-19)23-7-3-6-22-24(23)27(35)32(26(22)34)14-8-18-4-2-5-20(28)16-18/h2-7,11,15-16,19H,8-10,12-14,17H2,1H3. The second kappa shape index (κ2) is 9.93. The van der Waals surface area contributed by atoms with E-state index in [0.717, 1.165) is 11.3 Å². The first-order valence-corrected chi connectivity index (χ1v) is 12.0. The number of rotatable bonds is 7. The van der Waals surface area contributed by atoms with Gasteiger partial charge in [-0.05, 0) is 49.1 Å². The molecule has 3 heterocycles. The Kier molecular flexibility index (Phi) is 6.54. The summed E-state index contributed by atoms with van der Waals surface area (Å²) in [6, 6.07) is 13.2. The molecule has 2 aliphatic rings. The van der Waals surface area contributed by atoms with Crippen molar-refractivity contribution in [2.45, 2.75) is 25.8 Å². The summed E-state index contributed by atoms with van der Waals surface area (Å²) in [6.07, 6.45) is 3.17. The highest BCUT2D eigenvalue weighted by molar-refractivity contribution is 6.23. The zero-order chi connectivity index (χ0) is 25.2. The number of nitrogens with zero attached hydrogens (tertiary/aromatic N) is 4. The number of fused-ring (bicyclic) bond motifs is 1. The van der Waals surface area contributed by atoms with Gasteiger partial charge in [-0.3, -0.25) is 19.3 Å². The van der Waals surface area contributed by atoms with Gasteiger partial charge in [0.2, 0.25) is 5.91 Å². The summed E-state index contributed by atoms with van der Waals surface area (Å²) in [4.78, 5) is 44.2. The van der Waals surface area contributed by atoms with Gasteiger partial charge in [0.25, 0.3) is 11.8 Å². The van der Waals surface area contributed by atoms with Gasteiger partial charge in [-0.25, -0.2) is 4.39 Å². The number of hydrogen-bond acceptors (Lipinski definition) is 6. The van der Waals surface area contributed by atoms with Crippen LogP contribution in [0.15, 0.2) is 59.3 Å². The third-order valence-corrected chi connectivity index (χ3v) is 6.94. The molecule has 8 nitrogen and oxygen atoms in total. The fourth-order valence-corrected chi connectivity index (χ4v) is 5.03. The molecule has 0 aliphatic carbocycles. The SMILES string of the molecule is CN(Cc1ccon1)C(=O)C1CCN(c2cccc3c2C(=O)N(CCc2cccc(F)c2)C3=O)CC1. The van der Waals surface area contributed by atoms with Crippen molar-refractivity contribution in [1.29, 1.82) is 0 Å². The average Bonchev–Trinajstić information content (AvgIpc) is 3.48. The average molecular weight is 491 g/mol. The lowest BCUT2D eigenvalue weighted by atomic mass is 9.94. The van der Waals surface area contributed by atoms with Crippen LogP contribution in [0.1, 0.15) is 44.8 Å². The van der Waals surface area contributed by atoms with Crippen LogP contribution < -0.4 is 4.90 Å². The molecule has 0 saturated carbocycles. The lowest BCUT2D eigenvalue weighted by Gasteiger charge is -2.35. The molecule has 186 valence electrons. The van der Waals surface area contributed by atoms with Crippen LogP contribution in [0.4, 0.5) is 10.1 Å². The van der Waals surface area contributed by atoms with E-state index >= 15 is 0 Å². The topological polar surface area (TPSA) is 87.0 Å². The van der Waals surface area contributed by atoms with Crippen molar-refractivity contribution in [3.63, 3.8) is 0 Å². The molecule has 0 radical (unpaired) electrons. The van der Waals surface area contributed by atoms with E-state index in [1.54, 1.807) is 42.3 Å². The van der Waals surface area contributed by atoms with E-state index in [2.05, 4.69) is 10.1 Å². The monoisotopic (exact) mass is 490 g/mol. The molecule has 1 aromatic heterocycles. The lowest BCUT2D eigenvalue weighted by molar-refractivity contribution is -0.135. The molecule has 2 aromatic carbocycles. The number of halogens is 1. The number of carbonyl (C=O) groups excluding carboxylic acids is 3. The summed E-state index contributed by atoms with van der Waals surface area (Å²) in [5.41, 5.74) is 2.96. The minimum absolute atomic E-state index is 0.0609. The fraction of sp³-hybridized carbons (Fsp3) is 0.333. The molecular weight excluding hydrogens is 463 g/mol. The van der Waals surface area contributed by atoms with Gasteiger partial charge in [0, 0.05) is 38.7 Å². The van der Waals surface area contributed by atoms with E-state index in [-0.39, 0.29) is 36.0 Å². The summed E-state index contributed by atoms with van der Waals surface area (Å²) >= 11 is 0. The van der Waals surface area contributed by atoms with Crippen LogP contribution in [-0.4, -0.2) is 59.4 Å². The summed E-state index contributed by atoms with van der Waals surface area (Å²) < 4.78 is 18.4. The fourth-order valence-electron chi connectivity index (χ4n) is 5.03. The highest BCUT2D eigenvalue weighted by Crippen LogP contribution is 2.34. The van der Waals surface area contributed by atoms with Crippen molar-refractivity contribution in [2.75, 3.05) is 31.6 Å². The van der Waals surface area contributed by atoms with Gasteiger partial charge < -0.3 is 14.3 Å². The first-order chi connectivity index (χ1) is 17.4. The number of imide groups is 1. The Labute approximate surface area is 208 Å². The number of aromatic nitrogens is 1. The summed E-state index contributed by atoms with van der Waals surface area (Å²) in [5.74, 6) is -1.05. The second-order valence-electron chi connectivity index (χ2n) is 9.29. The third-order valence-electron chi connectivity index (χ3n) is 6.94. The Hall–Kier alpha value is -4.01. The van der Waals surface area contributed by atoms with Crippen molar-refractivity contribution < 1.29 is 23.3 Å². The molecule has 0 unspecified atom stereocenters. The summed E-state index contributed by atoms with van der Waals surface area (Å²) in [6.45, 7) is 1.79. The van der Waals surface area contributed by atoms with E-state index < -0.39 is 0 Å². The van der Waals surface area contributed by atoms with E-state index in [9.17, 15) is 18.8 Å². The number of anilines is 1. The maximum absolute atomic E-state index is 13.5. The first-order valence-electron chi connectivity index (χ1n) is 12.0. The normalized spacial score (nSPS) is 15.9. The van der Waals surface area contributed by atoms with E-state index in [4.69, 9.17) is 4.52 Å². The van der Waals surface area contributed by atoms with Crippen molar-refractivity contribution in [3.8, 4) is 0 Å². The smallest absolute Gasteiger partial charge is 0.263 e. The molecule has 9 heteroatoms. The van der Waals surface area contributed by atoms with Gasteiger partial charge in [-0.15, -0.1) is 0 Å². The van der Waals surface area contributed by atoms with Gasteiger partial charge in [-0.1, -0.05) is 23.4 Å². The van der Waals surface area contributed by atoms with Gasteiger partial charge in [-0.2, -0.15) is 0 Å². The van der Waals surface area contributed by atoms with Crippen LogP contribution in [0.2, 0.25) is 0 Å². The molecule has 0 atom stereocenters. The van der Waals surface area contributed by atoms with E-state index in [0.29, 0.717) is 55.7 Å². The number of benzene rings is 2. The van der Waals surface area contributed by atoms with Crippen LogP contribution in [0.5, 0.6) is 0 Å². The number of carbonyl (C=O) groups is 3. The zero-order valence-corrected chi connectivity index (χ0v) is 20.0. The van der Waals surface area contributed by atoms with E-state index in [1.165, 1.54) is 23.3 Å². The molecule has 0 spiro atoms. The molecule has 0 N–H and O–H groups in total. The Bertz CT molecular complexity index is 1280. The largest absolute Gasteiger partial charge is 0.371 e. The maximum Gasteiger partial charge on any atom is 0.263 e. The van der Waals surface area contributed by atoms with Crippen molar-refractivity contribution in [3.05, 3.63) is 83.0 Å². The predicted octanol–water partition coefficient (Wildman–Crippen LogP) is 3.53. The molecule has 1 saturated heterocycles. The van der Waals surface area contributed by atoms with Gasteiger partial charge >= 0.3 is 0 Å². The maximum atomic E-state index is 13.5. The van der Waals surface area contributed by atoms with Crippen LogP contribution >= 0.6 is 0 Å². The van der Waals surface area contributed by atoms with Crippen LogP contribution in [-0.2, 0) is 17.8 Å². The molecular formula is C27H27FN4O4. The number of hydrogen-bond donors (Lipinski definition) is 0. The molecule has 1 fully saturated rings. The number of piperidine rings is 1. The number of amides is 3. The Morgan fingerprint density at radius 3 is 2.61 bits per heavy atom. The molecule has 5 rings (SSSR count). The quantitative estimate of drug-likeness (QED) is 0.471. The molecule has 3 amide bonds. The molecule has 0 bridgehead atoms. The minimum Gasteiger partial charge on any atom is -0.371 e. The highest BCUT2D eigenvalue weighted by Gasteiger charge is 2.39. The lowest BCUT2D eigenvalue weighted by Crippen LogP contribution is -2.41. The Morgan fingerprint density at radius 1 is 1.11 bits per heavy atom. The van der Waals surface area contributed by atoms with Crippen LogP contribution in [0, 0.1) is 11.7 Å².